The minimum Gasteiger partial charge on any atom is -0.370 e. The lowest BCUT2D eigenvalue weighted by molar-refractivity contribution is -0.190. The third-order valence-corrected chi connectivity index (χ3v) is 38.2. The first-order valence-corrected chi connectivity index (χ1v) is 39.1. The summed E-state index contributed by atoms with van der Waals surface area (Å²) >= 11 is 0. The number of ether oxygens (including phenoxy) is 2. The van der Waals surface area contributed by atoms with Crippen LogP contribution in [-0.2, 0) is 95.3 Å². The predicted octanol–water partition coefficient (Wildman–Crippen LogP) is 6.49. The van der Waals surface area contributed by atoms with Crippen molar-refractivity contribution in [3.05, 3.63) is 0 Å². The van der Waals surface area contributed by atoms with Crippen LogP contribution in [0.3, 0.4) is 0 Å². The van der Waals surface area contributed by atoms with E-state index in [1.165, 1.54) is 0 Å². The summed E-state index contributed by atoms with van der Waals surface area (Å²) in [5, 5.41) is 6.03. The van der Waals surface area contributed by atoms with E-state index in [4.69, 9.17) is 39.8 Å². The number of hydrogen-bond acceptors (Lipinski definition) is 21. The molecule has 500 valence electrons. The van der Waals surface area contributed by atoms with E-state index in [1.54, 1.807) is 13.8 Å². The monoisotopic (exact) mass is 1380 g/mol. The summed E-state index contributed by atoms with van der Waals surface area (Å²) in [6, 6.07) is 2.15. The maximum absolute atomic E-state index is 13.1. The van der Waals surface area contributed by atoms with E-state index < -0.39 is 135 Å². The van der Waals surface area contributed by atoms with Gasteiger partial charge in [0, 0.05) is 39.9 Å². The highest BCUT2D eigenvalue weighted by Crippen LogP contribution is 2.82. The van der Waals surface area contributed by atoms with Gasteiger partial charge in [-0.1, -0.05) is 76.2 Å². The maximum atomic E-state index is 13.1. The van der Waals surface area contributed by atoms with E-state index in [0.717, 1.165) is 12.8 Å². The first kappa shape index (κ1) is 65.1. The average molecular weight is 1380 g/mol. The van der Waals surface area contributed by atoms with Crippen molar-refractivity contribution in [1.82, 2.24) is 0 Å². The summed E-state index contributed by atoms with van der Waals surface area (Å²) in [6.07, 6.45) is -8.05. The van der Waals surface area contributed by atoms with Crippen LogP contribution in [0, 0.1) is 110 Å². The molecule has 10 aliphatic heterocycles. The van der Waals surface area contributed by atoms with Crippen molar-refractivity contribution < 1.29 is 111 Å². The van der Waals surface area contributed by atoms with Gasteiger partial charge in [-0.15, -0.1) is 0 Å². The van der Waals surface area contributed by atoms with Gasteiger partial charge < -0.3 is 9.47 Å². The third-order valence-electron chi connectivity index (χ3n) is 27.2. The van der Waals surface area contributed by atoms with Crippen LogP contribution in [0.5, 0.6) is 0 Å². The molecule has 12 bridgehead atoms. The van der Waals surface area contributed by atoms with Gasteiger partial charge in [-0.05, 0) is 98.7 Å². The van der Waals surface area contributed by atoms with Crippen LogP contribution < -0.4 is 0 Å². The van der Waals surface area contributed by atoms with Crippen LogP contribution in [0.4, 0.5) is 26.3 Å². The summed E-state index contributed by atoms with van der Waals surface area (Å²) in [6.45, 7) is 24.4. The molecule has 0 amide bonds. The fraction of sp³-hybridized carbons (Fsp3) is 0.982. The Kier molecular flexibility index (Phi) is 14.0. The molecule has 8 aliphatic carbocycles. The molecule has 88 heavy (non-hydrogen) atoms. The van der Waals surface area contributed by atoms with Crippen LogP contribution >= 0.6 is 0 Å². The molecule has 8 saturated carbocycles. The van der Waals surface area contributed by atoms with Gasteiger partial charge in [-0.2, -0.15) is 82.1 Å². The van der Waals surface area contributed by atoms with E-state index in [-0.39, 0.29) is 129 Å². The van der Waals surface area contributed by atoms with E-state index in [0.29, 0.717) is 31.6 Å². The molecule has 18 aliphatic rings. The third kappa shape index (κ3) is 8.04. The lowest BCUT2D eigenvalue weighted by Gasteiger charge is -2.49. The van der Waals surface area contributed by atoms with Gasteiger partial charge in [-0.3, -0.25) is 25.1 Å². The molecule has 10 saturated heterocycles. The van der Waals surface area contributed by atoms with Crippen molar-refractivity contribution in [2.45, 2.75) is 232 Å². The molecule has 0 N–H and O–H groups in total. The van der Waals surface area contributed by atoms with Crippen molar-refractivity contribution in [3.63, 3.8) is 0 Å². The van der Waals surface area contributed by atoms with Crippen molar-refractivity contribution >= 4 is 60.7 Å². The molecule has 21 nitrogen and oxygen atoms in total. The minimum atomic E-state index is -4.72. The Hall–Kier alpha value is -1.55. The number of rotatable bonds is 0. The second-order valence-corrected chi connectivity index (χ2v) is 41.1. The highest BCUT2D eigenvalue weighted by molar-refractivity contribution is 7.89. The smallest absolute Gasteiger partial charge is 0.370 e. The summed E-state index contributed by atoms with van der Waals surface area (Å²) in [7, 11) is -22.0. The van der Waals surface area contributed by atoms with Gasteiger partial charge in [0.1, 0.15) is 45.4 Å². The van der Waals surface area contributed by atoms with E-state index >= 15 is 0 Å². The number of hydrogen-bond donors (Lipinski definition) is 0. The summed E-state index contributed by atoms with van der Waals surface area (Å²) < 4.78 is 256. The van der Waals surface area contributed by atoms with Gasteiger partial charge in [-0.25, -0.2) is 0 Å². The molecule has 18 rings (SSSR count). The molecule has 0 radical (unpaired) electrons. The molecule has 0 aromatic heterocycles. The fourth-order valence-corrected chi connectivity index (χ4v) is 33.9. The minimum absolute atomic E-state index is 0.0464. The van der Waals surface area contributed by atoms with Gasteiger partial charge in [0.25, 0.3) is 60.7 Å². The molecular formula is C55H77F6NO20S6. The highest BCUT2D eigenvalue weighted by Gasteiger charge is 2.87. The van der Waals surface area contributed by atoms with Gasteiger partial charge >= 0.3 is 12.4 Å². The molecular weight excluding hydrogens is 1300 g/mol. The molecule has 0 aromatic carbocycles. The van der Waals surface area contributed by atoms with E-state index in [9.17, 15) is 76.8 Å². The molecule has 18 fully saturated rings. The van der Waals surface area contributed by atoms with Gasteiger partial charge in [0.15, 0.2) is 4.75 Å². The Balaban J connectivity index is 0.0000000977. The summed E-state index contributed by atoms with van der Waals surface area (Å²) in [5.74, 6) is -3.40. The second-order valence-electron chi connectivity index (χ2n) is 30.5. The normalized spacial score (nSPS) is 56.7. The Labute approximate surface area is 511 Å². The van der Waals surface area contributed by atoms with Crippen LogP contribution in [0.1, 0.15) is 128 Å². The summed E-state index contributed by atoms with van der Waals surface area (Å²) in [5.41, 5.74) is -1.02. The van der Waals surface area contributed by atoms with Crippen molar-refractivity contribution in [3.8, 4) is 6.07 Å². The van der Waals surface area contributed by atoms with Crippen LogP contribution in [0.2, 0.25) is 0 Å². The molecule has 0 aromatic rings. The number of nitriles is 1. The standard InChI is InChI=1S/C13H22O3S.2C9H11F3O3S.C9H11NO3S.C8H12O4S.C7H10O4S/c1-8-11(4)7-9-12(8,5)13(6,10(11,2)3)16-17(9,14)15;1-4-5-2-6-7(4)15-16(13,14)8(6,3-5)9(10,11)12;1-3-4-2-5-7(3)15-16(13,14)8(5)6(4)9(10,11)12;1-4-5-2-6-8(4)13-14(11,12)9(6)7(5)3-10;1-8(2)5-3-4-6(11-5)7(8)12-13(4,9)10;1-3-4-2-5-7(10-4)6(3)11-12(5,8)9/h8-9H,7H2,1-6H3;4-7H,2-3H2,1H3;3-8H,2H2,1H3;4-9H,2H2,1H3;4-7H,3H2,1-2H3;3-7H,2H2,1H3. The van der Waals surface area contributed by atoms with Crippen LogP contribution in [0.15, 0.2) is 0 Å². The number of nitrogens with zero attached hydrogens (tertiary/aromatic N) is 1. The average Bonchev–Trinajstić information content (AvgIpc) is 1.46. The lowest BCUT2D eigenvalue weighted by Crippen LogP contribution is -2.54. The lowest BCUT2D eigenvalue weighted by atomic mass is 9.57. The molecule has 33 heteroatoms. The first-order valence-electron chi connectivity index (χ1n) is 30.4. The Bertz CT molecular complexity index is 3730. The maximum Gasteiger partial charge on any atom is 0.410 e. The van der Waals surface area contributed by atoms with Crippen LogP contribution in [-0.4, -0.2) is 154 Å². The van der Waals surface area contributed by atoms with Crippen molar-refractivity contribution in [2.75, 3.05) is 0 Å². The zero-order valence-corrected chi connectivity index (χ0v) is 55.3. The largest absolute Gasteiger partial charge is 0.410 e. The molecule has 0 spiro atoms. The highest BCUT2D eigenvalue weighted by atomic mass is 32.2. The zero-order chi connectivity index (χ0) is 64.9. The second kappa shape index (κ2) is 18.9. The Morgan fingerprint density at radius 2 is 1.07 bits per heavy atom. The first-order chi connectivity index (χ1) is 40.0. The predicted molar refractivity (Wildman–Crippen MR) is 294 cm³/mol. The van der Waals surface area contributed by atoms with E-state index in [1.807, 2.05) is 34.6 Å². The number of alkyl halides is 6. The quantitative estimate of drug-likeness (QED) is 0.185. The van der Waals surface area contributed by atoms with Crippen molar-refractivity contribution in [1.29, 1.82) is 5.26 Å². The molecule has 10 heterocycles. The number of fused-ring (bicyclic) bond motifs is 6. The fourth-order valence-electron chi connectivity index (χ4n) is 21.6. The van der Waals surface area contributed by atoms with E-state index in [2.05, 4.69) is 40.7 Å². The van der Waals surface area contributed by atoms with Gasteiger partial charge in [0.05, 0.1) is 59.3 Å². The van der Waals surface area contributed by atoms with Gasteiger partial charge in [0.2, 0.25) is 0 Å². The van der Waals surface area contributed by atoms with Crippen LogP contribution in [0.25, 0.3) is 0 Å². The topological polar surface area (TPSA) is 302 Å². The Morgan fingerprint density at radius 1 is 0.523 bits per heavy atom. The van der Waals surface area contributed by atoms with Crippen molar-refractivity contribution in [2.24, 2.45) is 98.6 Å². The Morgan fingerprint density at radius 3 is 1.58 bits per heavy atom. The molecule has 31 unspecified atom stereocenters. The molecule has 31 atom stereocenters. The SMILES string of the molecule is CC1(C)C2CC3C(O2)C1OS3(=O)=O.CC1C2(C)CC3C1(C)C(C)(OS3(=O)=O)C2(C)C.CC1C2CC3C(O2)C1OS3(=O)=O.CC1C2CC3C1OS(=O)(=O)C3(C(F)(F)F)C2.CC1C2CC3C1OS(=O)(=O)C3C2C#N.CC1C2CC3C1OS(=O)(=O)C3C2C(F)(F)F. The zero-order valence-electron chi connectivity index (χ0n) is 50.4. The summed E-state index contributed by atoms with van der Waals surface area (Å²) in [4.78, 5) is 0. The number of halogens is 6.